The molecule has 1 unspecified atom stereocenters. The predicted octanol–water partition coefficient (Wildman–Crippen LogP) is 2.46. The van der Waals surface area contributed by atoms with E-state index >= 15 is 0 Å². The van der Waals surface area contributed by atoms with Crippen molar-refractivity contribution < 1.29 is 9.60 Å². The van der Waals surface area contributed by atoms with Gasteiger partial charge in [-0.25, -0.2) is 4.39 Å². The molecule has 17 heavy (non-hydrogen) atoms. The maximum Gasteiger partial charge on any atom is 0.141 e. The van der Waals surface area contributed by atoms with Crippen LogP contribution in [0.2, 0.25) is 0 Å². The largest absolute Gasteiger partial charge is 0.409 e. The molecule has 0 saturated heterocycles. The first-order valence-corrected chi connectivity index (χ1v) is 5.56. The minimum Gasteiger partial charge on any atom is -0.409 e. The zero-order valence-electron chi connectivity index (χ0n) is 10.1. The summed E-state index contributed by atoms with van der Waals surface area (Å²) in [5, 5.41) is 14.7. The molecule has 1 aromatic rings. The van der Waals surface area contributed by atoms with Crippen LogP contribution >= 0.6 is 0 Å². The van der Waals surface area contributed by atoms with Gasteiger partial charge in [0.2, 0.25) is 0 Å². The molecule has 0 aliphatic carbocycles. The number of nitrogens with one attached hydrogen (secondary N) is 1. The molecule has 4 N–H and O–H groups in total. The van der Waals surface area contributed by atoms with Gasteiger partial charge in [0.25, 0.3) is 0 Å². The molecule has 0 aliphatic rings. The molecule has 94 valence electrons. The van der Waals surface area contributed by atoms with Crippen molar-refractivity contribution in [3.8, 4) is 0 Å². The first-order valence-electron chi connectivity index (χ1n) is 5.56. The lowest BCUT2D eigenvalue weighted by molar-refractivity contribution is 0.316. The quantitative estimate of drug-likeness (QED) is 0.320. The van der Waals surface area contributed by atoms with Crippen LogP contribution in [0.25, 0.3) is 0 Å². The van der Waals surface area contributed by atoms with E-state index < -0.39 is 0 Å². The Hall–Kier alpha value is -1.78. The van der Waals surface area contributed by atoms with Gasteiger partial charge in [-0.15, -0.1) is 0 Å². The molecular formula is C12H18FN3O. The van der Waals surface area contributed by atoms with E-state index in [4.69, 9.17) is 10.9 Å². The van der Waals surface area contributed by atoms with Crippen LogP contribution in [0.1, 0.15) is 25.3 Å². The zero-order valence-corrected chi connectivity index (χ0v) is 10.1. The van der Waals surface area contributed by atoms with E-state index in [0.29, 0.717) is 12.0 Å². The number of halogens is 1. The molecule has 1 atom stereocenters. The monoisotopic (exact) mass is 239 g/mol. The SMILES string of the molecule is CCC(CC(N)=NO)Nc1ccc(F)c(C)c1. The molecule has 0 heterocycles. The van der Waals surface area contributed by atoms with Crippen LogP contribution in [0.15, 0.2) is 23.4 Å². The van der Waals surface area contributed by atoms with E-state index in [2.05, 4.69) is 10.5 Å². The van der Waals surface area contributed by atoms with E-state index in [1.165, 1.54) is 6.07 Å². The molecule has 0 radical (unpaired) electrons. The molecule has 0 amide bonds. The molecule has 0 aromatic heterocycles. The Balaban J connectivity index is 2.70. The number of amidine groups is 1. The number of rotatable bonds is 5. The van der Waals surface area contributed by atoms with Crippen LogP contribution < -0.4 is 11.1 Å². The van der Waals surface area contributed by atoms with Crippen LogP contribution in [0.3, 0.4) is 0 Å². The van der Waals surface area contributed by atoms with Crippen LogP contribution in [0, 0.1) is 12.7 Å². The third-order valence-corrected chi connectivity index (χ3v) is 2.61. The number of hydrogen-bond donors (Lipinski definition) is 3. The predicted molar refractivity (Wildman–Crippen MR) is 66.9 cm³/mol. The molecule has 0 fully saturated rings. The van der Waals surface area contributed by atoms with Crippen molar-refractivity contribution in [2.24, 2.45) is 10.9 Å². The van der Waals surface area contributed by atoms with Gasteiger partial charge < -0.3 is 16.3 Å². The molecule has 1 rings (SSSR count). The highest BCUT2D eigenvalue weighted by Crippen LogP contribution is 2.16. The number of hydrogen-bond acceptors (Lipinski definition) is 3. The molecule has 4 nitrogen and oxygen atoms in total. The summed E-state index contributed by atoms with van der Waals surface area (Å²) >= 11 is 0. The van der Waals surface area contributed by atoms with E-state index in [1.54, 1.807) is 19.1 Å². The highest BCUT2D eigenvalue weighted by Gasteiger charge is 2.09. The van der Waals surface area contributed by atoms with Gasteiger partial charge in [0.15, 0.2) is 0 Å². The number of nitrogens with two attached hydrogens (primary N) is 1. The van der Waals surface area contributed by atoms with Gasteiger partial charge in [-0.05, 0) is 37.1 Å². The van der Waals surface area contributed by atoms with Gasteiger partial charge in [0, 0.05) is 18.2 Å². The summed E-state index contributed by atoms with van der Waals surface area (Å²) in [5.74, 6) is -0.0387. The maximum absolute atomic E-state index is 13.1. The molecular weight excluding hydrogens is 221 g/mol. The van der Waals surface area contributed by atoms with Crippen molar-refractivity contribution in [2.75, 3.05) is 5.32 Å². The van der Waals surface area contributed by atoms with Crippen molar-refractivity contribution in [3.63, 3.8) is 0 Å². The van der Waals surface area contributed by atoms with E-state index in [0.717, 1.165) is 12.1 Å². The summed E-state index contributed by atoms with van der Waals surface area (Å²) in [6.45, 7) is 3.71. The lowest BCUT2D eigenvalue weighted by Gasteiger charge is -2.17. The van der Waals surface area contributed by atoms with Crippen molar-refractivity contribution in [1.29, 1.82) is 0 Å². The van der Waals surface area contributed by atoms with Gasteiger partial charge >= 0.3 is 0 Å². The fraction of sp³-hybridized carbons (Fsp3) is 0.417. The average molecular weight is 239 g/mol. The molecule has 0 aliphatic heterocycles. The summed E-state index contributed by atoms with van der Waals surface area (Å²) in [6.07, 6.45) is 1.27. The highest BCUT2D eigenvalue weighted by molar-refractivity contribution is 5.80. The normalized spacial score (nSPS) is 13.5. The van der Waals surface area contributed by atoms with Crippen LogP contribution in [-0.2, 0) is 0 Å². The minimum absolute atomic E-state index is 0.0655. The molecule has 5 heteroatoms. The van der Waals surface area contributed by atoms with Gasteiger partial charge in [0.1, 0.15) is 11.7 Å². The molecule has 1 aromatic carbocycles. The van der Waals surface area contributed by atoms with Gasteiger partial charge in [-0.1, -0.05) is 12.1 Å². The minimum atomic E-state index is -0.222. The number of nitrogens with zero attached hydrogens (tertiary/aromatic N) is 1. The van der Waals surface area contributed by atoms with Crippen LogP contribution in [0.5, 0.6) is 0 Å². The van der Waals surface area contributed by atoms with Gasteiger partial charge in [0.05, 0.1) is 0 Å². The summed E-state index contributed by atoms with van der Waals surface area (Å²) in [4.78, 5) is 0. The number of anilines is 1. The topological polar surface area (TPSA) is 70.6 Å². The second kappa shape index (κ2) is 6.08. The van der Waals surface area contributed by atoms with Gasteiger partial charge in [-0.2, -0.15) is 0 Å². The Morgan fingerprint density at radius 2 is 2.29 bits per heavy atom. The van der Waals surface area contributed by atoms with Crippen molar-refractivity contribution in [2.45, 2.75) is 32.7 Å². The van der Waals surface area contributed by atoms with Gasteiger partial charge in [-0.3, -0.25) is 0 Å². The standard InChI is InChI=1S/C12H18FN3O/c1-3-9(7-12(14)16-17)15-10-4-5-11(13)8(2)6-10/h4-6,9,15,17H,3,7H2,1-2H3,(H2,14,16). The second-order valence-electron chi connectivity index (χ2n) is 4.01. The maximum atomic E-state index is 13.1. The highest BCUT2D eigenvalue weighted by atomic mass is 19.1. The lowest BCUT2D eigenvalue weighted by Crippen LogP contribution is -2.26. The van der Waals surface area contributed by atoms with Crippen LogP contribution in [-0.4, -0.2) is 17.1 Å². The second-order valence-corrected chi connectivity index (χ2v) is 4.01. The van der Waals surface area contributed by atoms with Crippen LogP contribution in [0.4, 0.5) is 10.1 Å². The Morgan fingerprint density at radius 1 is 1.59 bits per heavy atom. The molecule has 0 saturated carbocycles. The fourth-order valence-corrected chi connectivity index (χ4v) is 1.56. The average Bonchev–Trinajstić information content (AvgIpc) is 2.32. The van der Waals surface area contributed by atoms with Crippen molar-refractivity contribution in [1.82, 2.24) is 0 Å². The summed E-state index contributed by atoms with van der Waals surface area (Å²) in [7, 11) is 0. The zero-order chi connectivity index (χ0) is 12.8. The Morgan fingerprint density at radius 3 is 2.82 bits per heavy atom. The molecule has 0 bridgehead atoms. The fourth-order valence-electron chi connectivity index (χ4n) is 1.56. The smallest absolute Gasteiger partial charge is 0.141 e. The first kappa shape index (κ1) is 13.3. The van der Waals surface area contributed by atoms with Crippen molar-refractivity contribution >= 4 is 11.5 Å². The summed E-state index contributed by atoms with van der Waals surface area (Å²) in [6, 6.07) is 4.91. The summed E-state index contributed by atoms with van der Waals surface area (Å²) < 4.78 is 13.1. The number of oxime groups is 1. The van der Waals surface area contributed by atoms with Crippen molar-refractivity contribution in [3.05, 3.63) is 29.6 Å². The van der Waals surface area contributed by atoms with E-state index in [-0.39, 0.29) is 17.7 Å². The number of benzene rings is 1. The van der Waals surface area contributed by atoms with E-state index in [1.807, 2.05) is 6.92 Å². The summed E-state index contributed by atoms with van der Waals surface area (Å²) in [5.41, 5.74) is 6.88. The Kier molecular flexibility index (Phi) is 4.75. The van der Waals surface area contributed by atoms with E-state index in [9.17, 15) is 4.39 Å². The Labute approximate surface area is 100 Å². The first-order chi connectivity index (χ1) is 8.06. The third-order valence-electron chi connectivity index (χ3n) is 2.61. The third kappa shape index (κ3) is 3.94. The number of aryl methyl sites for hydroxylation is 1. The molecule has 0 spiro atoms. The lowest BCUT2D eigenvalue weighted by atomic mass is 10.1. The Bertz CT molecular complexity index is 407.